The van der Waals surface area contributed by atoms with Gasteiger partial charge >= 0.3 is 0 Å². The van der Waals surface area contributed by atoms with Gasteiger partial charge in [0.2, 0.25) is 0 Å². The quantitative estimate of drug-likeness (QED) is 0.648. The summed E-state index contributed by atoms with van der Waals surface area (Å²) in [7, 11) is 1.56. The molecule has 138 valence electrons. The van der Waals surface area contributed by atoms with Gasteiger partial charge in [0.15, 0.2) is 5.84 Å². The number of hydrogen-bond acceptors (Lipinski definition) is 4. The number of anilines is 1. The number of carbonyl (C=O) groups is 1. The summed E-state index contributed by atoms with van der Waals surface area (Å²) in [5, 5.41) is 0. The minimum Gasteiger partial charge on any atom is -0.496 e. The summed E-state index contributed by atoms with van der Waals surface area (Å²) in [5.41, 5.74) is 2.27. The Morgan fingerprint density at radius 1 is 1.00 bits per heavy atom. The van der Waals surface area contributed by atoms with Gasteiger partial charge in [-0.2, -0.15) is 0 Å². The van der Waals surface area contributed by atoms with Gasteiger partial charge in [-0.1, -0.05) is 12.1 Å². The number of carbonyl (C=O) groups excluding carboxylic acids is 1. The second kappa shape index (κ2) is 7.44. The number of rotatable bonds is 4. The summed E-state index contributed by atoms with van der Waals surface area (Å²) in [6.07, 6.45) is 4.99. The number of amidine groups is 1. The van der Waals surface area contributed by atoms with Gasteiger partial charge in [0.25, 0.3) is 5.91 Å². The number of para-hydroxylation sites is 1. The van der Waals surface area contributed by atoms with Crippen LogP contribution >= 0.6 is 0 Å². The third kappa shape index (κ3) is 3.27. The summed E-state index contributed by atoms with van der Waals surface area (Å²) in [6, 6.07) is 16.6. The number of aliphatic imine (C=N–C) groups is 1. The summed E-state index contributed by atoms with van der Waals surface area (Å²) in [6.45, 7) is 0. The molecule has 3 aromatic rings. The highest BCUT2D eigenvalue weighted by molar-refractivity contribution is 6.33. The lowest BCUT2D eigenvalue weighted by Crippen LogP contribution is -2.32. The first-order valence-corrected chi connectivity index (χ1v) is 8.61. The van der Waals surface area contributed by atoms with Crippen molar-refractivity contribution >= 4 is 23.5 Å². The Labute approximate surface area is 161 Å². The Hall–Kier alpha value is -3.80. The molecular formula is C22H16FN3O2. The first-order chi connectivity index (χ1) is 13.7. The molecule has 2 aromatic carbocycles. The molecule has 6 heteroatoms. The summed E-state index contributed by atoms with van der Waals surface area (Å²) >= 11 is 0. The molecule has 2 heterocycles. The Morgan fingerprint density at radius 3 is 2.43 bits per heavy atom. The smallest absolute Gasteiger partial charge is 0.282 e. The van der Waals surface area contributed by atoms with E-state index in [9.17, 15) is 9.18 Å². The molecule has 5 nitrogen and oxygen atoms in total. The number of hydrogen-bond donors (Lipinski definition) is 0. The van der Waals surface area contributed by atoms with Crippen molar-refractivity contribution in [1.82, 2.24) is 4.98 Å². The summed E-state index contributed by atoms with van der Waals surface area (Å²) in [5.74, 6) is 0.337. The van der Waals surface area contributed by atoms with E-state index in [1.807, 2.05) is 18.2 Å². The van der Waals surface area contributed by atoms with E-state index in [2.05, 4.69) is 9.98 Å². The van der Waals surface area contributed by atoms with Crippen molar-refractivity contribution in [3.05, 3.63) is 95.7 Å². The molecule has 0 atom stereocenters. The summed E-state index contributed by atoms with van der Waals surface area (Å²) in [4.78, 5) is 23.2. The molecule has 4 rings (SSSR count). The lowest BCUT2D eigenvalue weighted by Gasteiger charge is -2.19. The molecule has 0 bridgehead atoms. The molecule has 1 aliphatic heterocycles. The second-order valence-corrected chi connectivity index (χ2v) is 6.06. The van der Waals surface area contributed by atoms with Crippen LogP contribution in [0.4, 0.5) is 10.1 Å². The molecular weight excluding hydrogens is 357 g/mol. The van der Waals surface area contributed by atoms with Crippen molar-refractivity contribution in [2.45, 2.75) is 0 Å². The van der Waals surface area contributed by atoms with Crippen molar-refractivity contribution in [1.29, 1.82) is 0 Å². The third-order valence-electron chi connectivity index (χ3n) is 4.30. The lowest BCUT2D eigenvalue weighted by molar-refractivity contribution is -0.113. The second-order valence-electron chi connectivity index (χ2n) is 6.06. The Morgan fingerprint density at radius 2 is 1.71 bits per heavy atom. The minimum atomic E-state index is -0.376. The zero-order valence-corrected chi connectivity index (χ0v) is 15.0. The van der Waals surface area contributed by atoms with E-state index in [0.717, 1.165) is 5.56 Å². The highest BCUT2D eigenvalue weighted by Gasteiger charge is 2.33. The van der Waals surface area contributed by atoms with Gasteiger partial charge in [-0.05, 0) is 60.2 Å². The minimum absolute atomic E-state index is 0.274. The predicted octanol–water partition coefficient (Wildman–Crippen LogP) is 4.06. The van der Waals surface area contributed by atoms with E-state index >= 15 is 0 Å². The van der Waals surface area contributed by atoms with Crippen LogP contribution in [0.15, 0.2) is 83.7 Å². The fourth-order valence-electron chi connectivity index (χ4n) is 2.97. The molecule has 1 aliphatic rings. The van der Waals surface area contributed by atoms with E-state index in [-0.39, 0.29) is 17.4 Å². The molecule has 0 aliphatic carbocycles. The third-order valence-corrected chi connectivity index (χ3v) is 4.30. The number of aromatic nitrogens is 1. The molecule has 1 aromatic heterocycles. The van der Waals surface area contributed by atoms with Gasteiger partial charge < -0.3 is 4.74 Å². The van der Waals surface area contributed by atoms with Crippen molar-refractivity contribution < 1.29 is 13.9 Å². The number of benzene rings is 2. The molecule has 0 saturated heterocycles. The predicted molar refractivity (Wildman–Crippen MR) is 106 cm³/mol. The van der Waals surface area contributed by atoms with Gasteiger partial charge in [0.1, 0.15) is 17.3 Å². The largest absolute Gasteiger partial charge is 0.496 e. The topological polar surface area (TPSA) is 54.8 Å². The number of ether oxygens (including phenoxy) is 1. The van der Waals surface area contributed by atoms with Gasteiger partial charge in [-0.3, -0.25) is 14.7 Å². The maximum atomic E-state index is 13.4. The molecule has 0 radical (unpaired) electrons. The van der Waals surface area contributed by atoms with E-state index < -0.39 is 0 Å². The summed E-state index contributed by atoms with van der Waals surface area (Å²) < 4.78 is 18.8. The number of halogens is 1. The number of amides is 1. The lowest BCUT2D eigenvalue weighted by atomic mass is 10.1. The van der Waals surface area contributed by atoms with Crippen LogP contribution in [0.1, 0.15) is 11.1 Å². The number of nitrogens with zero attached hydrogens (tertiary/aromatic N) is 3. The average molecular weight is 373 g/mol. The van der Waals surface area contributed by atoms with Crippen LogP contribution < -0.4 is 9.64 Å². The highest BCUT2D eigenvalue weighted by atomic mass is 19.1. The Kier molecular flexibility index (Phi) is 4.68. The van der Waals surface area contributed by atoms with Crippen molar-refractivity contribution in [3.63, 3.8) is 0 Å². The van der Waals surface area contributed by atoms with Crippen LogP contribution in [0.2, 0.25) is 0 Å². The van der Waals surface area contributed by atoms with Crippen LogP contribution in [0.25, 0.3) is 6.08 Å². The van der Waals surface area contributed by atoms with E-state index in [4.69, 9.17) is 4.74 Å². The van der Waals surface area contributed by atoms with Gasteiger partial charge in [0.05, 0.1) is 18.4 Å². The maximum Gasteiger partial charge on any atom is 0.282 e. The van der Waals surface area contributed by atoms with E-state index in [0.29, 0.717) is 22.8 Å². The molecule has 0 fully saturated rings. The molecule has 0 unspecified atom stereocenters. The fraction of sp³-hybridized carbons (Fsp3) is 0.0455. The first kappa shape index (κ1) is 17.6. The number of pyridine rings is 1. The zero-order chi connectivity index (χ0) is 19.5. The normalized spacial score (nSPS) is 15.1. The van der Waals surface area contributed by atoms with Crippen LogP contribution in [-0.2, 0) is 4.79 Å². The molecule has 0 saturated carbocycles. The van der Waals surface area contributed by atoms with E-state index in [1.165, 1.54) is 17.0 Å². The van der Waals surface area contributed by atoms with Crippen LogP contribution in [0.5, 0.6) is 5.75 Å². The monoisotopic (exact) mass is 373 g/mol. The SMILES string of the molecule is COc1ccccc1C1=N/C(=C/c2ccncc2)C(=O)N1c1ccc(F)cc1. The van der Waals surface area contributed by atoms with Crippen LogP contribution in [0, 0.1) is 5.82 Å². The average Bonchev–Trinajstić information content (AvgIpc) is 3.05. The fourth-order valence-corrected chi connectivity index (χ4v) is 2.97. The molecule has 28 heavy (non-hydrogen) atoms. The molecule has 1 amide bonds. The Bertz CT molecular complexity index is 1080. The highest BCUT2D eigenvalue weighted by Crippen LogP contribution is 2.31. The molecule has 0 N–H and O–H groups in total. The standard InChI is InChI=1S/C22H16FN3O2/c1-28-20-5-3-2-4-18(20)21-25-19(14-15-10-12-24-13-11-15)22(27)26(21)17-8-6-16(23)7-9-17/h2-14H,1H3/b19-14+. The van der Waals surface area contributed by atoms with Gasteiger partial charge in [-0.15, -0.1) is 0 Å². The molecule has 0 spiro atoms. The Balaban J connectivity index is 1.86. The first-order valence-electron chi connectivity index (χ1n) is 8.61. The van der Waals surface area contributed by atoms with Crippen LogP contribution in [0.3, 0.4) is 0 Å². The van der Waals surface area contributed by atoms with Crippen molar-refractivity contribution in [2.24, 2.45) is 4.99 Å². The number of methoxy groups -OCH3 is 1. The van der Waals surface area contributed by atoms with E-state index in [1.54, 1.807) is 55.9 Å². The van der Waals surface area contributed by atoms with Crippen LogP contribution in [-0.4, -0.2) is 23.8 Å². The van der Waals surface area contributed by atoms with Crippen molar-refractivity contribution in [2.75, 3.05) is 12.0 Å². The maximum absolute atomic E-state index is 13.4. The zero-order valence-electron chi connectivity index (χ0n) is 15.0. The van der Waals surface area contributed by atoms with Gasteiger partial charge in [0, 0.05) is 12.4 Å². The van der Waals surface area contributed by atoms with Crippen molar-refractivity contribution in [3.8, 4) is 5.75 Å². The van der Waals surface area contributed by atoms with Gasteiger partial charge in [-0.25, -0.2) is 9.38 Å².